The predicted octanol–water partition coefficient (Wildman–Crippen LogP) is 3.59. The minimum atomic E-state index is -0.483. The molecule has 0 aromatic heterocycles. The van der Waals surface area contributed by atoms with Crippen molar-refractivity contribution in [3.63, 3.8) is 0 Å². The zero-order chi connectivity index (χ0) is 12.4. The highest BCUT2D eigenvalue weighted by Gasteiger charge is 2.38. The van der Waals surface area contributed by atoms with Crippen LogP contribution in [-0.4, -0.2) is 18.5 Å². The third kappa shape index (κ3) is 2.93. The standard InChI is InChI=1S/C13H14BrFO2/c1-2-17-13(8-3-4-8)12(16)10-7-9(14)5-6-11(10)15/h5-8,13H,2-4H2,1H3. The molecule has 0 amide bonds. The first kappa shape index (κ1) is 12.7. The van der Waals surface area contributed by atoms with Gasteiger partial charge < -0.3 is 4.74 Å². The summed E-state index contributed by atoms with van der Waals surface area (Å²) in [5, 5.41) is 0. The van der Waals surface area contributed by atoms with Crippen LogP contribution >= 0.6 is 15.9 Å². The number of hydrogen-bond donors (Lipinski definition) is 0. The van der Waals surface area contributed by atoms with E-state index in [1.165, 1.54) is 12.1 Å². The van der Waals surface area contributed by atoms with Crippen molar-refractivity contribution in [2.24, 2.45) is 5.92 Å². The molecule has 0 N–H and O–H groups in total. The topological polar surface area (TPSA) is 26.3 Å². The van der Waals surface area contributed by atoms with Crippen LogP contribution in [0.2, 0.25) is 0 Å². The summed E-state index contributed by atoms with van der Waals surface area (Å²) in [6, 6.07) is 4.40. The van der Waals surface area contributed by atoms with Gasteiger partial charge in [-0.25, -0.2) is 4.39 Å². The van der Waals surface area contributed by atoms with Crippen molar-refractivity contribution in [3.8, 4) is 0 Å². The molecule has 4 heteroatoms. The van der Waals surface area contributed by atoms with Crippen LogP contribution in [0.4, 0.5) is 4.39 Å². The molecular weight excluding hydrogens is 287 g/mol. The molecule has 2 rings (SSSR count). The van der Waals surface area contributed by atoms with E-state index in [1.807, 2.05) is 6.92 Å². The SMILES string of the molecule is CCOC(C(=O)c1cc(Br)ccc1F)C1CC1. The van der Waals surface area contributed by atoms with Crippen molar-refractivity contribution in [1.82, 2.24) is 0 Å². The fourth-order valence-electron chi connectivity index (χ4n) is 1.84. The molecule has 1 aromatic carbocycles. The van der Waals surface area contributed by atoms with Crippen molar-refractivity contribution in [1.29, 1.82) is 0 Å². The maximum Gasteiger partial charge on any atom is 0.194 e. The van der Waals surface area contributed by atoms with Crippen molar-refractivity contribution in [3.05, 3.63) is 34.1 Å². The second-order valence-electron chi connectivity index (χ2n) is 4.20. The van der Waals surface area contributed by atoms with Crippen molar-refractivity contribution < 1.29 is 13.9 Å². The van der Waals surface area contributed by atoms with Crippen LogP contribution in [0.5, 0.6) is 0 Å². The normalized spacial score (nSPS) is 16.9. The van der Waals surface area contributed by atoms with E-state index in [0.717, 1.165) is 12.8 Å². The van der Waals surface area contributed by atoms with Crippen LogP contribution in [0.15, 0.2) is 22.7 Å². The number of Topliss-reactive ketones (excluding diaryl/α,β-unsaturated/α-hetero) is 1. The maximum absolute atomic E-state index is 13.6. The van der Waals surface area contributed by atoms with Gasteiger partial charge in [-0.05, 0) is 43.9 Å². The molecule has 1 aromatic rings. The summed E-state index contributed by atoms with van der Waals surface area (Å²) in [6.07, 6.45) is 1.50. The van der Waals surface area contributed by atoms with E-state index in [0.29, 0.717) is 11.1 Å². The number of carbonyl (C=O) groups excluding carboxylic acids is 1. The molecule has 0 aliphatic heterocycles. The van der Waals surface area contributed by atoms with Gasteiger partial charge in [-0.1, -0.05) is 15.9 Å². The molecule has 0 heterocycles. The molecular formula is C13H14BrFO2. The van der Waals surface area contributed by atoms with Crippen LogP contribution in [0.3, 0.4) is 0 Å². The highest BCUT2D eigenvalue weighted by atomic mass is 79.9. The Hall–Kier alpha value is -0.740. The minimum Gasteiger partial charge on any atom is -0.370 e. The zero-order valence-electron chi connectivity index (χ0n) is 9.58. The average Bonchev–Trinajstić information content (AvgIpc) is 3.12. The summed E-state index contributed by atoms with van der Waals surface area (Å²) in [5.41, 5.74) is 0.115. The lowest BCUT2D eigenvalue weighted by Gasteiger charge is -2.15. The molecule has 17 heavy (non-hydrogen) atoms. The lowest BCUT2D eigenvalue weighted by atomic mass is 10.0. The molecule has 2 nitrogen and oxygen atoms in total. The van der Waals surface area contributed by atoms with Crippen LogP contribution in [0.25, 0.3) is 0 Å². The molecule has 1 unspecified atom stereocenters. The van der Waals surface area contributed by atoms with E-state index in [4.69, 9.17) is 4.74 Å². The number of halogens is 2. The van der Waals surface area contributed by atoms with Gasteiger partial charge in [0, 0.05) is 11.1 Å². The largest absolute Gasteiger partial charge is 0.370 e. The molecule has 1 saturated carbocycles. The lowest BCUT2D eigenvalue weighted by molar-refractivity contribution is 0.0371. The Bertz CT molecular complexity index is 429. The molecule has 0 bridgehead atoms. The molecule has 0 radical (unpaired) electrons. The van der Waals surface area contributed by atoms with Gasteiger partial charge in [-0.3, -0.25) is 4.79 Å². The smallest absolute Gasteiger partial charge is 0.194 e. The third-order valence-corrected chi connectivity index (χ3v) is 3.34. The number of ketones is 1. The second kappa shape index (κ2) is 5.27. The Balaban J connectivity index is 2.24. The van der Waals surface area contributed by atoms with Crippen LogP contribution < -0.4 is 0 Å². The molecule has 1 aliphatic carbocycles. The van der Waals surface area contributed by atoms with Crippen molar-refractivity contribution >= 4 is 21.7 Å². The monoisotopic (exact) mass is 300 g/mol. The number of ether oxygens (including phenoxy) is 1. The summed E-state index contributed by atoms with van der Waals surface area (Å²) < 4.78 is 19.8. The average molecular weight is 301 g/mol. The number of rotatable bonds is 5. The summed E-state index contributed by atoms with van der Waals surface area (Å²) in [4.78, 5) is 12.2. The van der Waals surface area contributed by atoms with Gasteiger partial charge in [0.2, 0.25) is 0 Å². The van der Waals surface area contributed by atoms with E-state index in [1.54, 1.807) is 6.07 Å². The fraction of sp³-hybridized carbons (Fsp3) is 0.462. The first-order chi connectivity index (χ1) is 8.13. The predicted molar refractivity (Wildman–Crippen MR) is 66.6 cm³/mol. The maximum atomic E-state index is 13.6. The van der Waals surface area contributed by atoms with Gasteiger partial charge in [0.15, 0.2) is 5.78 Å². The first-order valence-corrected chi connectivity index (χ1v) is 6.53. The number of benzene rings is 1. The van der Waals surface area contributed by atoms with Crippen LogP contribution in [-0.2, 0) is 4.74 Å². The summed E-state index contributed by atoms with van der Waals surface area (Å²) in [6.45, 7) is 2.32. The summed E-state index contributed by atoms with van der Waals surface area (Å²) >= 11 is 3.25. The van der Waals surface area contributed by atoms with Crippen LogP contribution in [0.1, 0.15) is 30.1 Å². The molecule has 1 atom stereocenters. The highest BCUT2D eigenvalue weighted by molar-refractivity contribution is 9.10. The molecule has 92 valence electrons. The van der Waals surface area contributed by atoms with Gasteiger partial charge >= 0.3 is 0 Å². The lowest BCUT2D eigenvalue weighted by Crippen LogP contribution is -2.27. The summed E-state index contributed by atoms with van der Waals surface area (Å²) in [7, 11) is 0. The Morgan fingerprint density at radius 1 is 1.59 bits per heavy atom. The zero-order valence-corrected chi connectivity index (χ0v) is 11.2. The van der Waals surface area contributed by atoms with E-state index in [-0.39, 0.29) is 17.3 Å². The van der Waals surface area contributed by atoms with Gasteiger partial charge in [-0.15, -0.1) is 0 Å². The van der Waals surface area contributed by atoms with Gasteiger partial charge in [0.05, 0.1) is 5.56 Å². The van der Waals surface area contributed by atoms with Crippen LogP contribution in [0, 0.1) is 11.7 Å². The Morgan fingerprint density at radius 3 is 2.88 bits per heavy atom. The number of carbonyl (C=O) groups is 1. The number of hydrogen-bond acceptors (Lipinski definition) is 2. The second-order valence-corrected chi connectivity index (χ2v) is 5.12. The quantitative estimate of drug-likeness (QED) is 0.777. The summed E-state index contributed by atoms with van der Waals surface area (Å²) in [5.74, 6) is -0.461. The third-order valence-electron chi connectivity index (χ3n) is 2.85. The van der Waals surface area contributed by atoms with E-state index >= 15 is 0 Å². The van der Waals surface area contributed by atoms with Gasteiger partial charge in [-0.2, -0.15) is 0 Å². The van der Waals surface area contributed by atoms with E-state index < -0.39 is 11.9 Å². The van der Waals surface area contributed by atoms with Crippen molar-refractivity contribution in [2.75, 3.05) is 6.61 Å². The minimum absolute atomic E-state index is 0.115. The molecule has 1 aliphatic rings. The van der Waals surface area contributed by atoms with Gasteiger partial charge in [0.1, 0.15) is 11.9 Å². The Kier molecular flexibility index (Phi) is 3.94. The molecule has 0 saturated heterocycles. The van der Waals surface area contributed by atoms with E-state index in [9.17, 15) is 9.18 Å². The first-order valence-electron chi connectivity index (χ1n) is 5.74. The Labute approximate surface area is 108 Å². The Morgan fingerprint density at radius 2 is 2.29 bits per heavy atom. The molecule has 1 fully saturated rings. The fourth-order valence-corrected chi connectivity index (χ4v) is 2.21. The van der Waals surface area contributed by atoms with Gasteiger partial charge in [0.25, 0.3) is 0 Å². The molecule has 0 spiro atoms. The highest BCUT2D eigenvalue weighted by Crippen LogP contribution is 2.36. The van der Waals surface area contributed by atoms with E-state index in [2.05, 4.69) is 15.9 Å². The van der Waals surface area contributed by atoms with Crippen molar-refractivity contribution in [2.45, 2.75) is 25.9 Å².